The fourth-order valence-electron chi connectivity index (χ4n) is 2.03. The van der Waals surface area contributed by atoms with Crippen LogP contribution < -0.4 is 10.6 Å². The number of aromatic nitrogens is 1. The smallest absolute Gasteiger partial charge is 0.126 e. The zero-order valence-corrected chi connectivity index (χ0v) is 12.6. The minimum atomic E-state index is 0.0401. The van der Waals surface area contributed by atoms with Gasteiger partial charge < -0.3 is 20.1 Å². The van der Waals surface area contributed by atoms with Crippen LogP contribution in [0, 0.1) is 6.92 Å². The molecule has 0 aliphatic heterocycles. The van der Waals surface area contributed by atoms with Crippen molar-refractivity contribution in [2.75, 3.05) is 32.7 Å². The zero-order chi connectivity index (χ0) is 14.4. The van der Waals surface area contributed by atoms with E-state index in [0.29, 0.717) is 13.2 Å². The Morgan fingerprint density at radius 2 is 2.15 bits per heavy atom. The van der Waals surface area contributed by atoms with Crippen molar-refractivity contribution in [3.8, 4) is 0 Å². The number of anilines is 1. The van der Waals surface area contributed by atoms with E-state index < -0.39 is 0 Å². The summed E-state index contributed by atoms with van der Waals surface area (Å²) in [7, 11) is 3.37. The highest BCUT2D eigenvalue weighted by Crippen LogP contribution is 2.20. The van der Waals surface area contributed by atoms with Gasteiger partial charge in [0, 0.05) is 39.0 Å². The van der Waals surface area contributed by atoms with Gasteiger partial charge in [0.15, 0.2) is 0 Å². The molecule has 1 fully saturated rings. The van der Waals surface area contributed by atoms with Crippen LogP contribution in [0.15, 0.2) is 12.1 Å². The maximum atomic E-state index is 5.31. The fraction of sp³-hybridized carbons (Fsp3) is 0.667. The lowest BCUT2D eigenvalue weighted by atomic mass is 10.2. The Labute approximate surface area is 121 Å². The second kappa shape index (κ2) is 7.57. The minimum absolute atomic E-state index is 0.0401. The van der Waals surface area contributed by atoms with Crippen molar-refractivity contribution < 1.29 is 9.47 Å². The average molecular weight is 279 g/mol. The molecule has 0 radical (unpaired) electrons. The van der Waals surface area contributed by atoms with E-state index in [1.54, 1.807) is 14.2 Å². The first-order chi connectivity index (χ1) is 9.72. The lowest BCUT2D eigenvalue weighted by molar-refractivity contribution is 0.0365. The van der Waals surface area contributed by atoms with Gasteiger partial charge in [0.1, 0.15) is 5.82 Å². The van der Waals surface area contributed by atoms with Gasteiger partial charge in [-0.25, -0.2) is 4.98 Å². The minimum Gasteiger partial charge on any atom is -0.382 e. The molecule has 1 aromatic heterocycles. The van der Waals surface area contributed by atoms with Gasteiger partial charge in [-0.15, -0.1) is 0 Å². The number of methoxy groups -OCH3 is 2. The number of nitrogens with one attached hydrogen (secondary N) is 2. The monoisotopic (exact) mass is 279 g/mol. The van der Waals surface area contributed by atoms with Crippen LogP contribution in [0.3, 0.4) is 0 Å². The maximum Gasteiger partial charge on any atom is 0.126 e. The van der Waals surface area contributed by atoms with Crippen molar-refractivity contribution in [2.45, 2.75) is 38.5 Å². The highest BCUT2D eigenvalue weighted by molar-refractivity contribution is 5.38. The molecule has 1 unspecified atom stereocenters. The quantitative estimate of drug-likeness (QED) is 0.721. The fourth-order valence-corrected chi connectivity index (χ4v) is 2.03. The number of hydrogen-bond donors (Lipinski definition) is 2. The Kier molecular flexibility index (Phi) is 5.76. The van der Waals surface area contributed by atoms with Crippen LogP contribution >= 0.6 is 0 Å². The molecule has 0 aromatic carbocycles. The van der Waals surface area contributed by atoms with Crippen LogP contribution in [-0.4, -0.2) is 44.5 Å². The predicted octanol–water partition coefficient (Wildman–Crippen LogP) is 1.72. The second-order valence-electron chi connectivity index (χ2n) is 5.29. The van der Waals surface area contributed by atoms with Crippen molar-refractivity contribution in [2.24, 2.45) is 0 Å². The molecule has 2 rings (SSSR count). The highest BCUT2D eigenvalue weighted by Gasteiger charge is 2.20. The molecule has 5 nitrogen and oxygen atoms in total. The van der Waals surface area contributed by atoms with E-state index in [1.807, 2.05) is 6.07 Å². The van der Waals surface area contributed by atoms with E-state index in [4.69, 9.17) is 9.47 Å². The second-order valence-corrected chi connectivity index (χ2v) is 5.29. The van der Waals surface area contributed by atoms with Crippen LogP contribution in [0.2, 0.25) is 0 Å². The third-order valence-corrected chi connectivity index (χ3v) is 3.55. The Balaban J connectivity index is 1.83. The number of hydrogen-bond acceptors (Lipinski definition) is 5. The largest absolute Gasteiger partial charge is 0.382 e. The number of pyridine rings is 1. The standard InChI is InChI=1S/C15H25N3O2/c1-11-12(8-16-13-5-6-13)4-7-15(18-11)17-9-14(20-3)10-19-2/h4,7,13-14,16H,5-6,8-10H2,1-3H3,(H,17,18). The molecule has 0 bridgehead atoms. The van der Waals surface area contributed by atoms with E-state index in [1.165, 1.54) is 18.4 Å². The number of ether oxygens (including phenoxy) is 2. The zero-order valence-electron chi connectivity index (χ0n) is 12.6. The normalized spacial score (nSPS) is 16.1. The summed E-state index contributed by atoms with van der Waals surface area (Å²) in [6.45, 7) is 4.23. The summed E-state index contributed by atoms with van der Waals surface area (Å²) in [6.07, 6.45) is 2.66. The molecule has 0 amide bonds. The molecule has 1 saturated carbocycles. The summed E-state index contributed by atoms with van der Waals surface area (Å²) in [5.74, 6) is 0.885. The molecular formula is C15H25N3O2. The average Bonchev–Trinajstić information content (AvgIpc) is 3.26. The Bertz CT molecular complexity index is 422. The summed E-state index contributed by atoms with van der Waals surface area (Å²) in [5.41, 5.74) is 2.34. The van der Waals surface area contributed by atoms with Gasteiger partial charge in [0.25, 0.3) is 0 Å². The first kappa shape index (κ1) is 15.2. The molecule has 112 valence electrons. The first-order valence-corrected chi connectivity index (χ1v) is 7.18. The number of aryl methyl sites for hydroxylation is 1. The van der Waals surface area contributed by atoms with Gasteiger partial charge in [-0.05, 0) is 31.4 Å². The number of nitrogens with zero attached hydrogens (tertiary/aromatic N) is 1. The molecule has 1 heterocycles. The van der Waals surface area contributed by atoms with Crippen LogP contribution in [0.4, 0.5) is 5.82 Å². The molecule has 0 spiro atoms. The van der Waals surface area contributed by atoms with Crippen LogP contribution in [-0.2, 0) is 16.0 Å². The van der Waals surface area contributed by atoms with Crippen molar-refractivity contribution in [3.05, 3.63) is 23.4 Å². The topological polar surface area (TPSA) is 55.4 Å². The van der Waals surface area contributed by atoms with Gasteiger partial charge in [0.05, 0.1) is 12.7 Å². The molecule has 1 atom stereocenters. The molecule has 5 heteroatoms. The molecule has 0 saturated heterocycles. The predicted molar refractivity (Wildman–Crippen MR) is 80.0 cm³/mol. The van der Waals surface area contributed by atoms with E-state index >= 15 is 0 Å². The van der Waals surface area contributed by atoms with Gasteiger partial charge >= 0.3 is 0 Å². The Hall–Kier alpha value is -1.17. The highest BCUT2D eigenvalue weighted by atomic mass is 16.5. The van der Waals surface area contributed by atoms with Gasteiger partial charge in [-0.1, -0.05) is 6.07 Å². The van der Waals surface area contributed by atoms with E-state index in [-0.39, 0.29) is 6.10 Å². The van der Waals surface area contributed by atoms with Gasteiger partial charge in [-0.3, -0.25) is 0 Å². The third kappa shape index (κ3) is 4.74. The van der Waals surface area contributed by atoms with Gasteiger partial charge in [-0.2, -0.15) is 0 Å². The lowest BCUT2D eigenvalue weighted by Crippen LogP contribution is -2.27. The van der Waals surface area contributed by atoms with Crippen molar-refractivity contribution in [3.63, 3.8) is 0 Å². The molecule has 1 aromatic rings. The summed E-state index contributed by atoms with van der Waals surface area (Å²) in [4.78, 5) is 4.59. The molecule has 20 heavy (non-hydrogen) atoms. The van der Waals surface area contributed by atoms with E-state index in [9.17, 15) is 0 Å². The SMILES string of the molecule is COCC(CNc1ccc(CNC2CC2)c(C)n1)OC. The molecular weight excluding hydrogens is 254 g/mol. The van der Waals surface area contributed by atoms with Crippen molar-refractivity contribution >= 4 is 5.82 Å². The first-order valence-electron chi connectivity index (χ1n) is 7.18. The number of rotatable bonds is 9. The summed E-state index contributed by atoms with van der Waals surface area (Å²) in [6, 6.07) is 4.89. The maximum absolute atomic E-state index is 5.31. The van der Waals surface area contributed by atoms with Crippen LogP contribution in [0.1, 0.15) is 24.1 Å². The van der Waals surface area contributed by atoms with E-state index in [0.717, 1.165) is 24.1 Å². The van der Waals surface area contributed by atoms with Crippen LogP contribution in [0.5, 0.6) is 0 Å². The Morgan fingerprint density at radius 1 is 1.35 bits per heavy atom. The van der Waals surface area contributed by atoms with Crippen molar-refractivity contribution in [1.82, 2.24) is 10.3 Å². The Morgan fingerprint density at radius 3 is 2.75 bits per heavy atom. The van der Waals surface area contributed by atoms with Crippen LogP contribution in [0.25, 0.3) is 0 Å². The molecule has 1 aliphatic carbocycles. The summed E-state index contributed by atoms with van der Waals surface area (Å²) in [5, 5.41) is 6.80. The van der Waals surface area contributed by atoms with Gasteiger partial charge in [0.2, 0.25) is 0 Å². The molecule has 2 N–H and O–H groups in total. The summed E-state index contributed by atoms with van der Waals surface area (Å²) >= 11 is 0. The van der Waals surface area contributed by atoms with E-state index in [2.05, 4.69) is 28.6 Å². The third-order valence-electron chi connectivity index (χ3n) is 3.55. The van der Waals surface area contributed by atoms with Crippen molar-refractivity contribution in [1.29, 1.82) is 0 Å². The molecule has 1 aliphatic rings. The lowest BCUT2D eigenvalue weighted by Gasteiger charge is -2.16. The summed E-state index contributed by atoms with van der Waals surface area (Å²) < 4.78 is 10.4.